The van der Waals surface area contributed by atoms with Crippen molar-refractivity contribution in [3.63, 3.8) is 0 Å². The van der Waals surface area contributed by atoms with Crippen LogP contribution in [0.1, 0.15) is 18.9 Å². The van der Waals surface area contributed by atoms with E-state index in [0.29, 0.717) is 5.56 Å². The second-order valence-corrected chi connectivity index (χ2v) is 6.15. The molecule has 4 N–H and O–H groups in total. The highest BCUT2D eigenvalue weighted by molar-refractivity contribution is 7.89. The third-order valence-electron chi connectivity index (χ3n) is 2.45. The Bertz CT molecular complexity index is 667. The van der Waals surface area contributed by atoms with Gasteiger partial charge >= 0.3 is 5.97 Å². The number of carbonyl (C=O) groups is 2. The molecular formula is C13H16N2O5S. The summed E-state index contributed by atoms with van der Waals surface area (Å²) in [5.41, 5.74) is 5.44. The van der Waals surface area contributed by atoms with Gasteiger partial charge in [0.2, 0.25) is 15.9 Å². The van der Waals surface area contributed by atoms with Crippen LogP contribution in [0.5, 0.6) is 0 Å². The second-order valence-electron chi connectivity index (χ2n) is 4.44. The Labute approximate surface area is 122 Å². The zero-order valence-electron chi connectivity index (χ0n) is 11.3. The van der Waals surface area contributed by atoms with Gasteiger partial charge in [-0.25, -0.2) is 17.9 Å². The number of hydrogen-bond acceptors (Lipinski definition) is 4. The van der Waals surface area contributed by atoms with Gasteiger partial charge in [0.25, 0.3) is 0 Å². The van der Waals surface area contributed by atoms with Gasteiger partial charge in [-0.1, -0.05) is 12.1 Å². The summed E-state index contributed by atoms with van der Waals surface area (Å²) in [7, 11) is -3.81. The monoisotopic (exact) mass is 312 g/mol. The maximum atomic E-state index is 12.1. The van der Waals surface area contributed by atoms with E-state index in [1.54, 1.807) is 6.07 Å². The highest BCUT2D eigenvalue weighted by Gasteiger charge is 2.18. The van der Waals surface area contributed by atoms with Crippen molar-refractivity contribution in [2.24, 2.45) is 5.73 Å². The van der Waals surface area contributed by atoms with Gasteiger partial charge in [0, 0.05) is 18.5 Å². The molecule has 1 aromatic rings. The lowest BCUT2D eigenvalue weighted by Gasteiger charge is -2.12. The molecule has 1 rings (SSSR count). The van der Waals surface area contributed by atoms with Crippen LogP contribution in [0.4, 0.5) is 0 Å². The molecule has 0 aliphatic carbocycles. The normalized spacial score (nSPS) is 13.2. The van der Waals surface area contributed by atoms with Crippen LogP contribution < -0.4 is 10.5 Å². The molecule has 114 valence electrons. The fourth-order valence-corrected chi connectivity index (χ4v) is 2.93. The minimum Gasteiger partial charge on any atom is -0.478 e. The SMILES string of the molecule is CC(CC(N)=O)NS(=O)(=O)c1cccc(/C=C/C(=O)O)c1. The minimum atomic E-state index is -3.81. The topological polar surface area (TPSA) is 127 Å². The van der Waals surface area contributed by atoms with Crippen LogP contribution in [0.15, 0.2) is 35.2 Å². The summed E-state index contributed by atoms with van der Waals surface area (Å²) in [4.78, 5) is 21.2. The number of rotatable bonds is 7. The maximum absolute atomic E-state index is 12.1. The van der Waals surface area contributed by atoms with E-state index in [9.17, 15) is 18.0 Å². The fraction of sp³-hybridized carbons (Fsp3) is 0.231. The van der Waals surface area contributed by atoms with Crippen molar-refractivity contribution in [2.45, 2.75) is 24.3 Å². The standard InChI is InChI=1S/C13H16N2O5S/c1-9(7-12(14)16)15-21(19,20)11-4-2-3-10(8-11)5-6-13(17)18/h2-6,8-9,15H,7H2,1H3,(H2,14,16)(H,17,18)/b6-5+. The summed E-state index contributed by atoms with van der Waals surface area (Å²) in [6, 6.07) is 5.14. The molecule has 0 bridgehead atoms. The molecule has 1 aromatic carbocycles. The molecule has 1 atom stereocenters. The number of carboxylic acid groups (broad SMARTS) is 1. The number of amides is 1. The maximum Gasteiger partial charge on any atom is 0.328 e. The molecule has 0 saturated heterocycles. The Morgan fingerprint density at radius 2 is 2.10 bits per heavy atom. The number of nitrogens with two attached hydrogens (primary N) is 1. The Morgan fingerprint density at radius 3 is 2.67 bits per heavy atom. The van der Waals surface area contributed by atoms with Gasteiger partial charge in [-0.05, 0) is 30.7 Å². The van der Waals surface area contributed by atoms with Crippen LogP contribution in [0.25, 0.3) is 6.08 Å². The van der Waals surface area contributed by atoms with Crippen molar-refractivity contribution in [3.8, 4) is 0 Å². The quantitative estimate of drug-likeness (QED) is 0.625. The number of carboxylic acids is 1. The van der Waals surface area contributed by atoms with Crippen molar-refractivity contribution in [2.75, 3.05) is 0 Å². The molecule has 0 heterocycles. The molecular weight excluding hydrogens is 296 g/mol. The first-order chi connectivity index (χ1) is 9.70. The molecule has 0 aromatic heterocycles. The first-order valence-electron chi connectivity index (χ1n) is 6.02. The number of hydrogen-bond donors (Lipinski definition) is 3. The lowest BCUT2D eigenvalue weighted by Crippen LogP contribution is -2.35. The van der Waals surface area contributed by atoms with E-state index in [-0.39, 0.29) is 11.3 Å². The molecule has 0 spiro atoms. The van der Waals surface area contributed by atoms with Crippen molar-refractivity contribution in [1.29, 1.82) is 0 Å². The van der Waals surface area contributed by atoms with Crippen LogP contribution in [0.3, 0.4) is 0 Å². The average Bonchev–Trinajstić information content (AvgIpc) is 2.35. The third kappa shape index (κ3) is 5.76. The second kappa shape index (κ2) is 7.00. The van der Waals surface area contributed by atoms with E-state index >= 15 is 0 Å². The third-order valence-corrected chi connectivity index (χ3v) is 4.04. The Kier molecular flexibility index (Phi) is 5.62. The Hall–Kier alpha value is -2.19. The largest absolute Gasteiger partial charge is 0.478 e. The van der Waals surface area contributed by atoms with Crippen molar-refractivity contribution >= 4 is 28.0 Å². The van der Waals surface area contributed by atoms with Gasteiger partial charge in [-0.15, -0.1) is 0 Å². The molecule has 0 aliphatic heterocycles. The zero-order chi connectivity index (χ0) is 16.0. The van der Waals surface area contributed by atoms with E-state index in [1.165, 1.54) is 31.2 Å². The smallest absolute Gasteiger partial charge is 0.328 e. The first-order valence-corrected chi connectivity index (χ1v) is 7.51. The van der Waals surface area contributed by atoms with Crippen LogP contribution in [0.2, 0.25) is 0 Å². The van der Waals surface area contributed by atoms with Crippen molar-refractivity contribution in [1.82, 2.24) is 4.72 Å². The highest BCUT2D eigenvalue weighted by atomic mass is 32.2. The summed E-state index contributed by atoms with van der Waals surface area (Å²) < 4.78 is 26.5. The number of aliphatic carboxylic acids is 1. The molecule has 1 unspecified atom stereocenters. The lowest BCUT2D eigenvalue weighted by atomic mass is 10.2. The molecule has 0 saturated carbocycles. The summed E-state index contributed by atoms with van der Waals surface area (Å²) in [5.74, 6) is -1.74. The Balaban J connectivity index is 2.96. The predicted octanol–water partition coefficient (Wildman–Crippen LogP) is 0.327. The summed E-state index contributed by atoms with van der Waals surface area (Å²) in [6.45, 7) is 1.52. The van der Waals surface area contributed by atoms with Crippen LogP contribution in [-0.4, -0.2) is 31.4 Å². The molecule has 8 heteroatoms. The summed E-state index contributed by atoms with van der Waals surface area (Å²) in [5, 5.41) is 8.55. The highest BCUT2D eigenvalue weighted by Crippen LogP contribution is 2.13. The van der Waals surface area contributed by atoms with Crippen molar-refractivity contribution in [3.05, 3.63) is 35.9 Å². The summed E-state index contributed by atoms with van der Waals surface area (Å²) in [6.07, 6.45) is 2.08. The van der Waals surface area contributed by atoms with Gasteiger partial charge < -0.3 is 10.8 Å². The minimum absolute atomic E-state index is 0.0219. The summed E-state index contributed by atoms with van der Waals surface area (Å²) >= 11 is 0. The average molecular weight is 312 g/mol. The number of primary amides is 1. The lowest BCUT2D eigenvalue weighted by molar-refractivity contribution is -0.131. The number of carbonyl (C=O) groups excluding carboxylic acids is 1. The van der Waals surface area contributed by atoms with E-state index < -0.39 is 27.9 Å². The van der Waals surface area contributed by atoms with E-state index in [1.807, 2.05) is 0 Å². The number of benzene rings is 1. The van der Waals surface area contributed by atoms with Crippen molar-refractivity contribution < 1.29 is 23.1 Å². The molecule has 7 nitrogen and oxygen atoms in total. The van der Waals surface area contributed by atoms with E-state index in [4.69, 9.17) is 10.8 Å². The van der Waals surface area contributed by atoms with Crippen LogP contribution in [-0.2, 0) is 19.6 Å². The van der Waals surface area contributed by atoms with Gasteiger partial charge in [0.1, 0.15) is 0 Å². The fourth-order valence-electron chi connectivity index (χ4n) is 1.63. The molecule has 0 fully saturated rings. The van der Waals surface area contributed by atoms with Gasteiger partial charge in [0.05, 0.1) is 4.90 Å². The predicted molar refractivity (Wildman–Crippen MR) is 76.7 cm³/mol. The van der Waals surface area contributed by atoms with Crippen LogP contribution in [0, 0.1) is 0 Å². The van der Waals surface area contributed by atoms with Gasteiger partial charge in [0.15, 0.2) is 0 Å². The number of sulfonamides is 1. The molecule has 21 heavy (non-hydrogen) atoms. The van der Waals surface area contributed by atoms with Gasteiger partial charge in [-0.2, -0.15) is 0 Å². The first kappa shape index (κ1) is 16.9. The van der Waals surface area contributed by atoms with E-state index in [2.05, 4.69) is 4.72 Å². The zero-order valence-corrected chi connectivity index (χ0v) is 12.1. The molecule has 1 amide bonds. The van der Waals surface area contributed by atoms with Gasteiger partial charge in [-0.3, -0.25) is 4.79 Å². The number of nitrogens with one attached hydrogen (secondary N) is 1. The molecule has 0 aliphatic rings. The Morgan fingerprint density at radius 1 is 1.43 bits per heavy atom. The van der Waals surface area contributed by atoms with Crippen LogP contribution >= 0.6 is 0 Å². The molecule has 0 radical (unpaired) electrons. The van der Waals surface area contributed by atoms with E-state index in [0.717, 1.165) is 6.08 Å².